The van der Waals surface area contributed by atoms with E-state index in [2.05, 4.69) is 27.1 Å². The molecule has 3 aromatic rings. The summed E-state index contributed by atoms with van der Waals surface area (Å²) in [6.45, 7) is 3.73. The van der Waals surface area contributed by atoms with E-state index in [-0.39, 0.29) is 0 Å². The number of ether oxygens (including phenoxy) is 3. The fourth-order valence-corrected chi connectivity index (χ4v) is 3.53. The molecule has 1 N–H and O–H groups in total. The minimum absolute atomic E-state index is 0.409. The number of benzene rings is 2. The highest BCUT2D eigenvalue weighted by molar-refractivity contribution is 7.99. The Morgan fingerprint density at radius 3 is 2.83 bits per heavy atom. The van der Waals surface area contributed by atoms with Crippen molar-refractivity contribution in [3.8, 4) is 28.6 Å². The van der Waals surface area contributed by atoms with Crippen molar-refractivity contribution in [1.82, 2.24) is 15.2 Å². The highest BCUT2D eigenvalue weighted by atomic mass is 32.2. The Hall–Kier alpha value is -3.26. The van der Waals surface area contributed by atoms with E-state index in [9.17, 15) is 0 Å². The second-order valence-corrected chi connectivity index (χ2v) is 7.13. The number of hydrogen-bond acceptors (Lipinski definition) is 8. The van der Waals surface area contributed by atoms with Crippen molar-refractivity contribution in [3.05, 3.63) is 60.7 Å². The van der Waals surface area contributed by atoms with Crippen LogP contribution in [0.25, 0.3) is 11.3 Å². The first kappa shape index (κ1) is 19.1. The van der Waals surface area contributed by atoms with Crippen molar-refractivity contribution in [2.75, 3.05) is 25.3 Å². The third-order valence-electron chi connectivity index (χ3n) is 4.39. The molecule has 0 fully saturated rings. The van der Waals surface area contributed by atoms with Gasteiger partial charge in [-0.1, -0.05) is 36.0 Å². The van der Waals surface area contributed by atoms with Gasteiger partial charge in [0.1, 0.15) is 11.5 Å². The van der Waals surface area contributed by atoms with E-state index < -0.39 is 6.23 Å². The summed E-state index contributed by atoms with van der Waals surface area (Å²) in [4.78, 5) is 4.59. The van der Waals surface area contributed by atoms with E-state index in [1.54, 1.807) is 20.3 Å². The molecule has 1 aliphatic rings. The molecular weight excluding hydrogens is 388 g/mol. The van der Waals surface area contributed by atoms with Crippen LogP contribution >= 0.6 is 11.8 Å². The van der Waals surface area contributed by atoms with Crippen LogP contribution in [0, 0.1) is 0 Å². The molecule has 0 saturated heterocycles. The molecule has 29 heavy (non-hydrogen) atoms. The van der Waals surface area contributed by atoms with Gasteiger partial charge in [0.05, 0.1) is 19.8 Å². The molecule has 4 rings (SSSR count). The van der Waals surface area contributed by atoms with Gasteiger partial charge in [-0.2, -0.15) is 4.98 Å². The summed E-state index contributed by atoms with van der Waals surface area (Å²) in [5, 5.41) is 12.6. The van der Waals surface area contributed by atoms with Gasteiger partial charge in [0.2, 0.25) is 17.3 Å². The summed E-state index contributed by atoms with van der Waals surface area (Å²) in [6, 6.07) is 13.4. The van der Waals surface area contributed by atoms with Crippen LogP contribution in [-0.2, 0) is 0 Å². The molecule has 7 nitrogen and oxygen atoms in total. The lowest BCUT2D eigenvalue weighted by atomic mass is 10.1. The Kier molecular flexibility index (Phi) is 5.53. The summed E-state index contributed by atoms with van der Waals surface area (Å²) in [6.07, 6.45) is 1.26. The van der Waals surface area contributed by atoms with E-state index in [0.717, 1.165) is 16.8 Å². The summed E-state index contributed by atoms with van der Waals surface area (Å²) in [5.41, 5.74) is 3.15. The zero-order valence-electron chi connectivity index (χ0n) is 16.1. The second kappa shape index (κ2) is 8.40. The molecule has 0 unspecified atom stereocenters. The maximum absolute atomic E-state index is 6.28. The molecule has 1 atom stereocenters. The Morgan fingerprint density at radius 1 is 1.17 bits per heavy atom. The van der Waals surface area contributed by atoms with Crippen LogP contribution in [0.3, 0.4) is 0 Å². The van der Waals surface area contributed by atoms with Crippen LogP contribution in [0.2, 0.25) is 0 Å². The highest BCUT2D eigenvalue weighted by Crippen LogP contribution is 2.41. The monoisotopic (exact) mass is 408 g/mol. The molecule has 2 heterocycles. The number of aromatic nitrogens is 3. The first-order valence-corrected chi connectivity index (χ1v) is 9.95. The van der Waals surface area contributed by atoms with Gasteiger partial charge in [0.15, 0.2) is 5.69 Å². The predicted molar refractivity (Wildman–Crippen MR) is 113 cm³/mol. The smallest absolute Gasteiger partial charge is 0.247 e. The number of para-hydroxylation sites is 1. The number of hydrogen-bond donors (Lipinski definition) is 1. The van der Waals surface area contributed by atoms with E-state index in [1.807, 2.05) is 42.5 Å². The molecule has 0 saturated carbocycles. The third-order valence-corrected chi connectivity index (χ3v) is 5.22. The van der Waals surface area contributed by atoms with Gasteiger partial charge in [0, 0.05) is 23.1 Å². The summed E-state index contributed by atoms with van der Waals surface area (Å²) in [5.74, 6) is 2.44. The molecule has 8 heteroatoms. The lowest BCUT2D eigenvalue weighted by Gasteiger charge is -2.21. The fraction of sp³-hybridized carbons (Fsp3) is 0.190. The van der Waals surface area contributed by atoms with Gasteiger partial charge in [0.25, 0.3) is 0 Å². The van der Waals surface area contributed by atoms with E-state index >= 15 is 0 Å². The summed E-state index contributed by atoms with van der Waals surface area (Å²) < 4.78 is 17.2. The lowest BCUT2D eigenvalue weighted by molar-refractivity contribution is 0.219. The Morgan fingerprint density at radius 2 is 2.03 bits per heavy atom. The van der Waals surface area contributed by atoms with Crippen LogP contribution in [0.5, 0.6) is 17.4 Å². The van der Waals surface area contributed by atoms with Gasteiger partial charge in [-0.25, -0.2) is 0 Å². The molecule has 0 spiro atoms. The standard InChI is InChI=1S/C21H20N4O3S/c1-4-11-29-21-23-20-18(24-25-21)14-7-5-6-8-16(14)22-19(28-20)15-10-9-13(26-2)12-17(15)27-3/h4-10,12,19,22H,1,11H2,2-3H3/t19-/m0/s1. The average molecular weight is 408 g/mol. The molecule has 148 valence electrons. The number of anilines is 1. The van der Waals surface area contributed by atoms with E-state index in [4.69, 9.17) is 14.2 Å². The molecule has 0 aliphatic carbocycles. The number of methoxy groups -OCH3 is 2. The molecule has 1 aliphatic heterocycles. The maximum Gasteiger partial charge on any atom is 0.247 e. The zero-order chi connectivity index (χ0) is 20.2. The highest BCUT2D eigenvalue weighted by Gasteiger charge is 2.28. The van der Waals surface area contributed by atoms with Crippen LogP contribution in [0.1, 0.15) is 11.8 Å². The summed E-state index contributed by atoms with van der Waals surface area (Å²) >= 11 is 1.45. The van der Waals surface area contributed by atoms with Crippen LogP contribution in [-0.4, -0.2) is 35.2 Å². The fourth-order valence-electron chi connectivity index (χ4n) is 3.02. The van der Waals surface area contributed by atoms with Gasteiger partial charge >= 0.3 is 0 Å². The van der Waals surface area contributed by atoms with Gasteiger partial charge in [-0.3, -0.25) is 0 Å². The topological polar surface area (TPSA) is 78.4 Å². The van der Waals surface area contributed by atoms with Crippen molar-refractivity contribution < 1.29 is 14.2 Å². The summed E-state index contributed by atoms with van der Waals surface area (Å²) in [7, 11) is 3.23. The van der Waals surface area contributed by atoms with Crippen molar-refractivity contribution >= 4 is 17.4 Å². The second-order valence-electron chi connectivity index (χ2n) is 6.14. The molecular formula is C21H20N4O3S. The van der Waals surface area contributed by atoms with Crippen LogP contribution < -0.4 is 19.5 Å². The number of nitrogens with zero attached hydrogens (tertiary/aromatic N) is 3. The third kappa shape index (κ3) is 3.84. The Labute approximate surface area is 173 Å². The normalized spacial score (nSPS) is 14.5. The first-order valence-electron chi connectivity index (χ1n) is 8.96. The van der Waals surface area contributed by atoms with Crippen molar-refractivity contribution in [1.29, 1.82) is 0 Å². The van der Waals surface area contributed by atoms with Gasteiger partial charge in [-0.05, 0) is 18.2 Å². The SMILES string of the molecule is C=CCSc1nnc2c(n1)O[C@@H](c1ccc(OC)cc1OC)Nc1ccccc1-2. The number of fused-ring (bicyclic) bond motifs is 3. The van der Waals surface area contributed by atoms with Gasteiger partial charge < -0.3 is 19.5 Å². The molecule has 0 radical (unpaired) electrons. The van der Waals surface area contributed by atoms with E-state index in [0.29, 0.717) is 34.0 Å². The first-order chi connectivity index (χ1) is 14.2. The number of thioether (sulfide) groups is 1. The maximum atomic E-state index is 6.28. The molecule has 0 amide bonds. The molecule has 1 aromatic heterocycles. The quantitative estimate of drug-likeness (QED) is 0.477. The van der Waals surface area contributed by atoms with Crippen LogP contribution in [0.15, 0.2) is 60.3 Å². The zero-order valence-corrected chi connectivity index (χ0v) is 16.9. The lowest BCUT2D eigenvalue weighted by Crippen LogP contribution is -2.18. The van der Waals surface area contributed by atoms with Crippen molar-refractivity contribution in [3.63, 3.8) is 0 Å². The van der Waals surface area contributed by atoms with Gasteiger partial charge in [-0.15, -0.1) is 16.8 Å². The van der Waals surface area contributed by atoms with Crippen molar-refractivity contribution in [2.45, 2.75) is 11.4 Å². The Balaban J connectivity index is 1.81. The minimum Gasteiger partial charge on any atom is -0.497 e. The van der Waals surface area contributed by atoms with Crippen LogP contribution in [0.4, 0.5) is 5.69 Å². The molecule has 0 bridgehead atoms. The van der Waals surface area contributed by atoms with E-state index in [1.165, 1.54) is 11.8 Å². The minimum atomic E-state index is -0.535. The Bertz CT molecular complexity index is 1040. The van der Waals surface area contributed by atoms with Crippen molar-refractivity contribution in [2.24, 2.45) is 0 Å². The average Bonchev–Trinajstić information content (AvgIpc) is 2.93. The number of nitrogens with one attached hydrogen (secondary N) is 1. The number of rotatable bonds is 6. The largest absolute Gasteiger partial charge is 0.497 e. The predicted octanol–water partition coefficient (Wildman–Crippen LogP) is 4.34. The molecule has 2 aromatic carbocycles.